The third-order valence-electron chi connectivity index (χ3n) is 3.96. The summed E-state index contributed by atoms with van der Waals surface area (Å²) in [4.78, 5) is 23.9. The monoisotopic (exact) mass is 333 g/mol. The number of rotatable bonds is 7. The number of hydrogen-bond donors (Lipinski definition) is 1. The van der Waals surface area contributed by atoms with Crippen LogP contribution in [0.4, 0.5) is 0 Å². The first kappa shape index (κ1) is 18.0. The Morgan fingerprint density at radius 3 is 2.75 bits per heavy atom. The average molecular weight is 333 g/mol. The Hall–Kier alpha value is -2.34. The predicted octanol–water partition coefficient (Wildman–Crippen LogP) is 2.29. The number of esters is 1. The molecule has 0 saturated heterocycles. The largest absolute Gasteiger partial charge is 0.464 e. The lowest BCUT2D eigenvalue weighted by atomic mass is 10.0. The topological polar surface area (TPSA) is 77.8 Å². The lowest BCUT2D eigenvalue weighted by Gasteiger charge is -2.13. The molecule has 2 aromatic rings. The van der Waals surface area contributed by atoms with E-state index in [0.29, 0.717) is 13.2 Å². The molecule has 1 amide bonds. The minimum absolute atomic E-state index is 0.0607. The third kappa shape index (κ3) is 4.14. The van der Waals surface area contributed by atoms with Gasteiger partial charge in [0.25, 0.3) is 5.91 Å². The van der Waals surface area contributed by atoms with Crippen LogP contribution in [-0.4, -0.2) is 38.2 Å². The van der Waals surface area contributed by atoms with E-state index >= 15 is 0 Å². The van der Waals surface area contributed by atoms with Crippen molar-refractivity contribution in [2.45, 2.75) is 33.3 Å². The summed E-state index contributed by atoms with van der Waals surface area (Å²) in [7, 11) is 1.55. The zero-order chi connectivity index (χ0) is 17.7. The summed E-state index contributed by atoms with van der Waals surface area (Å²) in [5, 5.41) is 3.53. The van der Waals surface area contributed by atoms with Crippen LogP contribution in [0, 0.1) is 13.8 Å². The van der Waals surface area contributed by atoms with Crippen LogP contribution in [0.1, 0.15) is 23.6 Å². The second kappa shape index (κ2) is 7.97. The van der Waals surface area contributed by atoms with Crippen molar-refractivity contribution < 1.29 is 23.5 Å². The number of aryl methyl sites for hydroxylation is 2. The predicted molar refractivity (Wildman–Crippen MR) is 89.8 cm³/mol. The molecule has 1 heterocycles. The quantitative estimate of drug-likeness (QED) is 0.621. The molecule has 0 bridgehead atoms. The molecule has 1 aromatic heterocycles. The molecule has 0 spiro atoms. The molecule has 1 aromatic carbocycles. The summed E-state index contributed by atoms with van der Waals surface area (Å²) < 4.78 is 15.6. The van der Waals surface area contributed by atoms with E-state index in [0.717, 1.165) is 27.7 Å². The number of amides is 1. The zero-order valence-corrected chi connectivity index (χ0v) is 14.5. The number of carbonyl (C=O) groups excluding carboxylic acids is 2. The first-order valence-corrected chi connectivity index (χ1v) is 7.86. The Balaban J connectivity index is 1.97. The average Bonchev–Trinajstić information content (AvgIpc) is 2.94. The molecule has 130 valence electrons. The van der Waals surface area contributed by atoms with Crippen LogP contribution in [-0.2, 0) is 25.5 Å². The molecule has 1 atom stereocenters. The molecule has 0 aliphatic heterocycles. The van der Waals surface area contributed by atoms with Crippen molar-refractivity contribution in [3.8, 4) is 0 Å². The molecule has 0 radical (unpaired) electrons. The lowest BCUT2D eigenvalue weighted by Crippen LogP contribution is -2.37. The van der Waals surface area contributed by atoms with E-state index in [4.69, 9.17) is 13.9 Å². The van der Waals surface area contributed by atoms with Crippen molar-refractivity contribution in [2.24, 2.45) is 0 Å². The standard InChI is InChI=1S/C18H23NO5/c1-11-5-6-15-14(10-23-17(15)12(11)2)9-16(20)24-13(3)18(21)19-7-8-22-4/h5-6,10,13H,7-9H2,1-4H3,(H,19,21)/t13-/m0/s1. The van der Waals surface area contributed by atoms with Crippen LogP contribution in [0.25, 0.3) is 11.0 Å². The number of ether oxygens (including phenoxy) is 2. The van der Waals surface area contributed by atoms with E-state index in [9.17, 15) is 9.59 Å². The van der Waals surface area contributed by atoms with Gasteiger partial charge in [0, 0.05) is 24.6 Å². The lowest BCUT2D eigenvalue weighted by molar-refractivity contribution is -0.154. The summed E-state index contributed by atoms with van der Waals surface area (Å²) in [6, 6.07) is 3.93. The van der Waals surface area contributed by atoms with Crippen LogP contribution in [0.3, 0.4) is 0 Å². The molecule has 0 saturated carbocycles. The summed E-state index contributed by atoms with van der Waals surface area (Å²) >= 11 is 0. The van der Waals surface area contributed by atoms with E-state index in [1.54, 1.807) is 20.3 Å². The molecule has 0 unspecified atom stereocenters. The number of benzene rings is 1. The van der Waals surface area contributed by atoms with Crippen molar-refractivity contribution in [1.29, 1.82) is 0 Å². The smallest absolute Gasteiger partial charge is 0.311 e. The zero-order valence-electron chi connectivity index (χ0n) is 14.5. The summed E-state index contributed by atoms with van der Waals surface area (Å²) in [6.45, 7) is 6.32. The maximum absolute atomic E-state index is 12.1. The highest BCUT2D eigenvalue weighted by Gasteiger charge is 2.19. The van der Waals surface area contributed by atoms with Gasteiger partial charge < -0.3 is 19.2 Å². The fourth-order valence-electron chi connectivity index (χ4n) is 2.39. The Morgan fingerprint density at radius 2 is 2.04 bits per heavy atom. The van der Waals surface area contributed by atoms with Crippen LogP contribution in [0.5, 0.6) is 0 Å². The first-order valence-electron chi connectivity index (χ1n) is 7.86. The second-order valence-corrected chi connectivity index (χ2v) is 5.74. The van der Waals surface area contributed by atoms with Crippen molar-refractivity contribution in [1.82, 2.24) is 5.32 Å². The summed E-state index contributed by atoms with van der Waals surface area (Å²) in [6.07, 6.45) is 0.781. The Kier molecular flexibility index (Phi) is 5.98. The van der Waals surface area contributed by atoms with E-state index in [2.05, 4.69) is 5.32 Å². The van der Waals surface area contributed by atoms with Crippen LogP contribution >= 0.6 is 0 Å². The van der Waals surface area contributed by atoms with Gasteiger partial charge in [-0.15, -0.1) is 0 Å². The number of fused-ring (bicyclic) bond motifs is 1. The van der Waals surface area contributed by atoms with Crippen molar-refractivity contribution in [2.75, 3.05) is 20.3 Å². The third-order valence-corrected chi connectivity index (χ3v) is 3.96. The van der Waals surface area contributed by atoms with E-state index in [1.165, 1.54) is 0 Å². The van der Waals surface area contributed by atoms with Crippen molar-refractivity contribution in [3.05, 3.63) is 35.1 Å². The molecular formula is C18H23NO5. The summed E-state index contributed by atoms with van der Waals surface area (Å²) in [5.41, 5.74) is 3.72. The molecule has 0 aliphatic rings. The number of hydrogen-bond acceptors (Lipinski definition) is 5. The van der Waals surface area contributed by atoms with Gasteiger partial charge in [-0.05, 0) is 31.9 Å². The van der Waals surface area contributed by atoms with E-state index < -0.39 is 12.1 Å². The first-order chi connectivity index (χ1) is 11.4. The van der Waals surface area contributed by atoms with Gasteiger partial charge in [0.05, 0.1) is 19.3 Å². The molecule has 24 heavy (non-hydrogen) atoms. The van der Waals surface area contributed by atoms with E-state index in [1.807, 2.05) is 26.0 Å². The molecule has 0 fully saturated rings. The second-order valence-electron chi connectivity index (χ2n) is 5.74. The Morgan fingerprint density at radius 1 is 1.29 bits per heavy atom. The van der Waals surface area contributed by atoms with Gasteiger partial charge in [0.15, 0.2) is 6.10 Å². The minimum Gasteiger partial charge on any atom is -0.464 e. The van der Waals surface area contributed by atoms with Crippen molar-refractivity contribution >= 4 is 22.8 Å². The molecule has 2 rings (SSSR count). The van der Waals surface area contributed by atoms with Gasteiger partial charge in [-0.3, -0.25) is 9.59 Å². The normalized spacial score (nSPS) is 12.2. The maximum Gasteiger partial charge on any atom is 0.311 e. The highest BCUT2D eigenvalue weighted by atomic mass is 16.5. The maximum atomic E-state index is 12.1. The van der Waals surface area contributed by atoms with Gasteiger partial charge in [0.2, 0.25) is 0 Å². The van der Waals surface area contributed by atoms with Gasteiger partial charge in [0.1, 0.15) is 5.58 Å². The van der Waals surface area contributed by atoms with Crippen molar-refractivity contribution in [3.63, 3.8) is 0 Å². The van der Waals surface area contributed by atoms with E-state index in [-0.39, 0.29) is 12.3 Å². The number of nitrogens with one attached hydrogen (secondary N) is 1. The molecule has 1 N–H and O–H groups in total. The molecule has 6 heteroatoms. The van der Waals surface area contributed by atoms with Crippen LogP contribution in [0.2, 0.25) is 0 Å². The minimum atomic E-state index is -0.850. The number of furan rings is 1. The van der Waals surface area contributed by atoms with Gasteiger partial charge in [-0.1, -0.05) is 12.1 Å². The van der Waals surface area contributed by atoms with Crippen LogP contribution < -0.4 is 5.32 Å². The Labute approximate surface area is 141 Å². The van der Waals surface area contributed by atoms with Gasteiger partial charge >= 0.3 is 5.97 Å². The fourth-order valence-corrected chi connectivity index (χ4v) is 2.39. The Bertz CT molecular complexity index is 734. The highest BCUT2D eigenvalue weighted by molar-refractivity contribution is 5.89. The highest BCUT2D eigenvalue weighted by Crippen LogP contribution is 2.26. The molecule has 0 aliphatic carbocycles. The summed E-state index contributed by atoms with van der Waals surface area (Å²) in [5.74, 6) is -0.811. The molecular weight excluding hydrogens is 310 g/mol. The number of methoxy groups -OCH3 is 1. The SMILES string of the molecule is COCCNC(=O)[C@H](C)OC(=O)Cc1coc2c(C)c(C)ccc12. The van der Waals surface area contributed by atoms with Gasteiger partial charge in [-0.25, -0.2) is 0 Å². The number of carbonyl (C=O) groups is 2. The van der Waals surface area contributed by atoms with Gasteiger partial charge in [-0.2, -0.15) is 0 Å². The molecule has 6 nitrogen and oxygen atoms in total. The van der Waals surface area contributed by atoms with Crippen LogP contribution in [0.15, 0.2) is 22.8 Å². The fraction of sp³-hybridized carbons (Fsp3) is 0.444.